The van der Waals surface area contributed by atoms with E-state index < -0.39 is 30.1 Å². The summed E-state index contributed by atoms with van der Waals surface area (Å²) in [5, 5.41) is 9.34. The molecule has 2 aromatic heterocycles. The van der Waals surface area contributed by atoms with E-state index in [0.717, 1.165) is 4.90 Å². The number of nitrogens with zero attached hydrogens (tertiary/aromatic N) is 4. The molecular weight excluding hydrogens is 405 g/mol. The third kappa shape index (κ3) is 4.70. The highest BCUT2D eigenvalue weighted by Gasteiger charge is 2.63. The van der Waals surface area contributed by atoms with Crippen molar-refractivity contribution in [1.82, 2.24) is 30.7 Å². The summed E-state index contributed by atoms with van der Waals surface area (Å²) in [5.74, 6) is -0.530. The molecule has 1 saturated heterocycles. The molecule has 0 spiro atoms. The van der Waals surface area contributed by atoms with Crippen LogP contribution in [0.5, 0.6) is 0 Å². The van der Waals surface area contributed by atoms with E-state index in [1.54, 1.807) is 19.2 Å². The Morgan fingerprint density at radius 1 is 1.37 bits per heavy atom. The number of methoxy groups -OCH3 is 1. The summed E-state index contributed by atoms with van der Waals surface area (Å²) in [5.41, 5.74) is -1.97. The number of likely N-dealkylation sites (tertiary alicyclic amines) is 1. The maximum absolute atomic E-state index is 14.1. The van der Waals surface area contributed by atoms with Gasteiger partial charge in [0.25, 0.3) is 0 Å². The fraction of sp³-hybridized carbons (Fsp3) is 0.556. The molecule has 0 aliphatic carbocycles. The van der Waals surface area contributed by atoms with Crippen LogP contribution in [-0.4, -0.2) is 78.7 Å². The van der Waals surface area contributed by atoms with Crippen molar-refractivity contribution in [1.29, 1.82) is 0 Å². The lowest BCUT2D eigenvalue weighted by molar-refractivity contribution is -0.193. The number of carbonyl (C=O) groups excluding carboxylic acids is 1. The van der Waals surface area contributed by atoms with Crippen molar-refractivity contribution >= 4 is 6.03 Å². The van der Waals surface area contributed by atoms with Crippen molar-refractivity contribution in [3.05, 3.63) is 30.4 Å². The zero-order chi connectivity index (χ0) is 21.6. The van der Waals surface area contributed by atoms with Crippen LogP contribution in [0.1, 0.15) is 12.3 Å². The van der Waals surface area contributed by atoms with E-state index in [2.05, 4.69) is 25.8 Å². The van der Waals surface area contributed by atoms with Crippen LogP contribution < -0.4 is 10.6 Å². The van der Waals surface area contributed by atoms with E-state index in [1.807, 2.05) is 0 Å². The van der Waals surface area contributed by atoms with Crippen LogP contribution >= 0.6 is 0 Å². The fourth-order valence-electron chi connectivity index (χ4n) is 3.21. The van der Waals surface area contributed by atoms with Gasteiger partial charge in [-0.05, 0) is 18.6 Å². The Balaban J connectivity index is 1.68. The molecule has 0 bridgehead atoms. The van der Waals surface area contributed by atoms with Crippen LogP contribution in [0.2, 0.25) is 0 Å². The molecule has 2 amide bonds. The number of alkyl halides is 3. The second kappa shape index (κ2) is 9.39. The Bertz CT molecular complexity index is 832. The molecule has 3 heterocycles. The molecule has 1 aliphatic rings. The Morgan fingerprint density at radius 2 is 2.20 bits per heavy atom. The predicted molar refractivity (Wildman–Crippen MR) is 99.6 cm³/mol. The molecule has 1 fully saturated rings. The molecule has 9 nitrogen and oxygen atoms in total. The number of hydrogen-bond donors (Lipinski definition) is 2. The van der Waals surface area contributed by atoms with Crippen molar-refractivity contribution < 1.29 is 27.2 Å². The van der Waals surface area contributed by atoms with E-state index >= 15 is 0 Å². The number of amides is 2. The van der Waals surface area contributed by atoms with Crippen LogP contribution in [0.3, 0.4) is 0 Å². The molecule has 3 rings (SSSR count). The SMILES string of the molecule is COCCNCCNC(=O)N1CCC(c2nc(-c3cccnc3)no2)(C(F)(F)F)C1. The van der Waals surface area contributed by atoms with E-state index in [4.69, 9.17) is 9.26 Å². The highest BCUT2D eigenvalue weighted by molar-refractivity contribution is 5.74. The van der Waals surface area contributed by atoms with Crippen LogP contribution in [0, 0.1) is 0 Å². The number of pyridine rings is 1. The first-order valence-electron chi connectivity index (χ1n) is 9.41. The minimum Gasteiger partial charge on any atom is -0.383 e. The number of urea groups is 1. The fourth-order valence-corrected chi connectivity index (χ4v) is 3.21. The minimum atomic E-state index is -4.66. The Kier molecular flexibility index (Phi) is 6.87. The summed E-state index contributed by atoms with van der Waals surface area (Å²) >= 11 is 0. The lowest BCUT2D eigenvalue weighted by Crippen LogP contribution is -2.48. The van der Waals surface area contributed by atoms with Crippen molar-refractivity contribution in [3.8, 4) is 11.4 Å². The summed E-state index contributed by atoms with van der Waals surface area (Å²) < 4.78 is 52.1. The van der Waals surface area contributed by atoms with Gasteiger partial charge in [-0.25, -0.2) is 4.79 Å². The first-order valence-corrected chi connectivity index (χ1v) is 9.41. The smallest absolute Gasteiger partial charge is 0.383 e. The topological polar surface area (TPSA) is 105 Å². The summed E-state index contributed by atoms with van der Waals surface area (Å²) in [6, 6.07) is 2.68. The standard InChI is InChI=1S/C18H23F3N6O3/c1-29-10-8-22-6-7-24-16(28)27-9-4-17(12-27,18(19,20)21)15-25-14(26-30-15)13-3-2-5-23-11-13/h2-3,5,11,22H,4,6-10,12H2,1H3,(H,24,28). The van der Waals surface area contributed by atoms with Gasteiger partial charge in [0.2, 0.25) is 11.7 Å². The van der Waals surface area contributed by atoms with Gasteiger partial charge in [-0.2, -0.15) is 18.2 Å². The third-order valence-electron chi connectivity index (χ3n) is 4.92. The van der Waals surface area contributed by atoms with Gasteiger partial charge < -0.3 is 24.8 Å². The number of halogens is 3. The summed E-state index contributed by atoms with van der Waals surface area (Å²) in [7, 11) is 1.58. The van der Waals surface area contributed by atoms with Gasteiger partial charge in [-0.15, -0.1) is 0 Å². The number of ether oxygens (including phenoxy) is 1. The molecule has 0 radical (unpaired) electrons. The van der Waals surface area contributed by atoms with Crippen LogP contribution in [-0.2, 0) is 10.2 Å². The van der Waals surface area contributed by atoms with Gasteiger partial charge in [0.05, 0.1) is 6.61 Å². The lowest BCUT2D eigenvalue weighted by Gasteiger charge is -2.28. The van der Waals surface area contributed by atoms with Crippen molar-refractivity contribution in [2.75, 3.05) is 46.4 Å². The maximum atomic E-state index is 14.1. The lowest BCUT2D eigenvalue weighted by atomic mass is 9.86. The Hall–Kier alpha value is -2.73. The Labute approximate surface area is 171 Å². The largest absolute Gasteiger partial charge is 0.405 e. The molecule has 30 heavy (non-hydrogen) atoms. The summed E-state index contributed by atoms with van der Waals surface area (Å²) in [4.78, 5) is 21.3. The number of hydrogen-bond acceptors (Lipinski definition) is 7. The van der Waals surface area contributed by atoms with E-state index in [9.17, 15) is 18.0 Å². The second-order valence-electron chi connectivity index (χ2n) is 6.89. The van der Waals surface area contributed by atoms with E-state index in [1.165, 1.54) is 12.4 Å². The van der Waals surface area contributed by atoms with Crippen LogP contribution in [0.4, 0.5) is 18.0 Å². The molecule has 2 aromatic rings. The molecule has 0 aromatic carbocycles. The normalized spacial score (nSPS) is 19.3. The second-order valence-corrected chi connectivity index (χ2v) is 6.89. The molecule has 1 aliphatic heterocycles. The van der Waals surface area contributed by atoms with E-state index in [0.29, 0.717) is 25.3 Å². The first kappa shape index (κ1) is 22.0. The van der Waals surface area contributed by atoms with Crippen molar-refractivity contribution in [3.63, 3.8) is 0 Å². The molecule has 1 unspecified atom stereocenters. The number of rotatable bonds is 8. The van der Waals surface area contributed by atoms with E-state index in [-0.39, 0.29) is 25.3 Å². The van der Waals surface area contributed by atoms with Crippen molar-refractivity contribution in [2.24, 2.45) is 0 Å². The maximum Gasteiger partial charge on any atom is 0.405 e. The highest BCUT2D eigenvalue weighted by Crippen LogP contribution is 2.47. The quantitative estimate of drug-likeness (QED) is 0.615. The zero-order valence-electron chi connectivity index (χ0n) is 16.4. The van der Waals surface area contributed by atoms with Crippen LogP contribution in [0.25, 0.3) is 11.4 Å². The van der Waals surface area contributed by atoms with Crippen molar-refractivity contribution in [2.45, 2.75) is 18.0 Å². The molecule has 164 valence electrons. The van der Waals surface area contributed by atoms with Gasteiger partial charge in [-0.1, -0.05) is 5.16 Å². The first-order chi connectivity index (χ1) is 14.4. The van der Waals surface area contributed by atoms with Gasteiger partial charge in [-0.3, -0.25) is 4.98 Å². The number of carbonyl (C=O) groups is 1. The molecule has 12 heteroatoms. The molecular formula is C18H23F3N6O3. The summed E-state index contributed by atoms with van der Waals surface area (Å²) in [6.07, 6.45) is -2.06. The Morgan fingerprint density at radius 3 is 2.90 bits per heavy atom. The zero-order valence-corrected chi connectivity index (χ0v) is 16.4. The molecule has 2 N–H and O–H groups in total. The van der Waals surface area contributed by atoms with Crippen LogP contribution in [0.15, 0.2) is 29.0 Å². The monoisotopic (exact) mass is 428 g/mol. The number of aromatic nitrogens is 3. The average molecular weight is 428 g/mol. The molecule has 1 atom stereocenters. The average Bonchev–Trinajstić information content (AvgIpc) is 3.39. The molecule has 0 saturated carbocycles. The summed E-state index contributed by atoms with van der Waals surface area (Å²) in [6.45, 7) is 1.24. The number of nitrogens with one attached hydrogen (secondary N) is 2. The van der Waals surface area contributed by atoms with Gasteiger partial charge in [0, 0.05) is 57.8 Å². The third-order valence-corrected chi connectivity index (χ3v) is 4.92. The highest BCUT2D eigenvalue weighted by atomic mass is 19.4. The predicted octanol–water partition coefficient (Wildman–Crippen LogP) is 1.58. The van der Waals surface area contributed by atoms with Gasteiger partial charge in [0.15, 0.2) is 5.41 Å². The minimum absolute atomic E-state index is 0.0201. The van der Waals surface area contributed by atoms with Gasteiger partial charge in [0.1, 0.15) is 0 Å². The van der Waals surface area contributed by atoms with Gasteiger partial charge >= 0.3 is 12.2 Å².